The molecule has 3 aromatic rings. The maximum atomic E-state index is 12.2. The lowest BCUT2D eigenvalue weighted by molar-refractivity contribution is 0.112. The summed E-state index contributed by atoms with van der Waals surface area (Å²) in [6.45, 7) is 2.01. The quantitative estimate of drug-likeness (QED) is 0.674. The van der Waals surface area contributed by atoms with Gasteiger partial charge in [0.15, 0.2) is 11.5 Å². The summed E-state index contributed by atoms with van der Waals surface area (Å²) in [5, 5.41) is 0. The smallest absolute Gasteiger partial charge is 0.258 e. The van der Waals surface area contributed by atoms with Crippen molar-refractivity contribution in [2.45, 2.75) is 13.5 Å². The highest BCUT2D eigenvalue weighted by Gasteiger charge is 2.08. The van der Waals surface area contributed by atoms with Gasteiger partial charge in [-0.3, -0.25) is 14.0 Å². The molecule has 3 rings (SSSR count). The highest BCUT2D eigenvalue weighted by molar-refractivity contribution is 5.76. The first kappa shape index (κ1) is 15.7. The van der Waals surface area contributed by atoms with E-state index in [1.54, 1.807) is 30.5 Å². The standard InChI is InChI=1S/C18H16N2O4/c1-12-3-6-17-19-14(8-18(22)20(17)9-12)11-24-16-7-13(10-21)4-5-15(16)23-2/h3-10H,11H2,1-2H3. The fourth-order valence-corrected chi connectivity index (χ4v) is 2.36. The number of benzene rings is 1. The van der Waals surface area contributed by atoms with E-state index in [-0.39, 0.29) is 12.2 Å². The molecule has 0 saturated heterocycles. The first-order valence-corrected chi connectivity index (χ1v) is 7.35. The lowest BCUT2D eigenvalue weighted by Crippen LogP contribution is -2.16. The molecule has 0 atom stereocenters. The maximum absolute atomic E-state index is 12.2. The summed E-state index contributed by atoms with van der Waals surface area (Å²) in [5.74, 6) is 0.932. The summed E-state index contributed by atoms with van der Waals surface area (Å²) in [5.41, 5.74) is 2.34. The van der Waals surface area contributed by atoms with Crippen LogP contribution >= 0.6 is 0 Å². The fraction of sp³-hybridized carbons (Fsp3) is 0.167. The van der Waals surface area contributed by atoms with E-state index in [1.165, 1.54) is 17.6 Å². The number of pyridine rings is 1. The summed E-state index contributed by atoms with van der Waals surface area (Å²) < 4.78 is 12.4. The van der Waals surface area contributed by atoms with Gasteiger partial charge < -0.3 is 9.47 Å². The number of hydrogen-bond acceptors (Lipinski definition) is 5. The first-order valence-electron chi connectivity index (χ1n) is 7.35. The van der Waals surface area contributed by atoms with Gasteiger partial charge in [0, 0.05) is 17.8 Å². The van der Waals surface area contributed by atoms with Crippen molar-refractivity contribution < 1.29 is 14.3 Å². The highest BCUT2D eigenvalue weighted by Crippen LogP contribution is 2.28. The lowest BCUT2D eigenvalue weighted by atomic mass is 10.2. The normalized spacial score (nSPS) is 10.6. The molecule has 0 spiro atoms. The van der Waals surface area contributed by atoms with E-state index in [1.807, 2.05) is 13.0 Å². The Bertz CT molecular complexity index is 963. The molecule has 0 aliphatic carbocycles. The molecule has 0 unspecified atom stereocenters. The summed E-state index contributed by atoms with van der Waals surface area (Å²) >= 11 is 0. The predicted molar refractivity (Wildman–Crippen MR) is 88.9 cm³/mol. The maximum Gasteiger partial charge on any atom is 0.258 e. The third-order valence-electron chi connectivity index (χ3n) is 3.56. The van der Waals surface area contributed by atoms with Crippen molar-refractivity contribution >= 4 is 11.9 Å². The molecule has 2 heterocycles. The van der Waals surface area contributed by atoms with E-state index in [0.717, 1.165) is 11.8 Å². The number of hydrogen-bond donors (Lipinski definition) is 0. The Balaban J connectivity index is 1.90. The van der Waals surface area contributed by atoms with E-state index in [0.29, 0.717) is 28.4 Å². The van der Waals surface area contributed by atoms with Gasteiger partial charge in [0.2, 0.25) is 0 Å². The molecule has 0 amide bonds. The average Bonchev–Trinajstić information content (AvgIpc) is 2.60. The Morgan fingerprint density at radius 2 is 2.00 bits per heavy atom. The Labute approximate surface area is 138 Å². The van der Waals surface area contributed by atoms with E-state index >= 15 is 0 Å². The van der Waals surface area contributed by atoms with Crippen molar-refractivity contribution in [2.75, 3.05) is 7.11 Å². The number of nitrogens with zero attached hydrogens (tertiary/aromatic N) is 2. The zero-order valence-corrected chi connectivity index (χ0v) is 13.4. The first-order chi connectivity index (χ1) is 11.6. The van der Waals surface area contributed by atoms with Gasteiger partial charge in [0.1, 0.15) is 18.5 Å². The largest absolute Gasteiger partial charge is 0.493 e. The molecule has 0 fully saturated rings. The molecular formula is C18H16N2O4. The van der Waals surface area contributed by atoms with Crippen molar-refractivity contribution in [2.24, 2.45) is 0 Å². The van der Waals surface area contributed by atoms with E-state index in [9.17, 15) is 9.59 Å². The summed E-state index contributed by atoms with van der Waals surface area (Å²) in [4.78, 5) is 27.5. The molecule has 6 heteroatoms. The Kier molecular flexibility index (Phi) is 4.29. The van der Waals surface area contributed by atoms with Gasteiger partial charge in [-0.25, -0.2) is 4.98 Å². The van der Waals surface area contributed by atoms with Crippen LogP contribution in [0.4, 0.5) is 0 Å². The lowest BCUT2D eigenvalue weighted by Gasteiger charge is -2.11. The average molecular weight is 324 g/mol. The van der Waals surface area contributed by atoms with E-state index in [2.05, 4.69) is 4.98 Å². The van der Waals surface area contributed by atoms with E-state index in [4.69, 9.17) is 9.47 Å². The zero-order valence-electron chi connectivity index (χ0n) is 13.4. The molecule has 0 radical (unpaired) electrons. The van der Waals surface area contributed by atoms with Crippen molar-refractivity contribution in [3.05, 3.63) is 69.8 Å². The minimum atomic E-state index is -0.170. The van der Waals surface area contributed by atoms with Crippen molar-refractivity contribution in [3.8, 4) is 11.5 Å². The Morgan fingerprint density at radius 1 is 1.17 bits per heavy atom. The molecular weight excluding hydrogens is 308 g/mol. The topological polar surface area (TPSA) is 69.9 Å². The monoisotopic (exact) mass is 324 g/mol. The zero-order chi connectivity index (χ0) is 17.1. The molecule has 0 N–H and O–H groups in total. The van der Waals surface area contributed by atoms with Crippen LogP contribution in [0.2, 0.25) is 0 Å². The number of carbonyl (C=O) groups is 1. The third-order valence-corrected chi connectivity index (χ3v) is 3.56. The number of fused-ring (bicyclic) bond motifs is 1. The second-order valence-electron chi connectivity index (χ2n) is 5.34. The number of aldehydes is 1. The molecule has 1 aromatic carbocycles. The second kappa shape index (κ2) is 6.54. The van der Waals surface area contributed by atoms with Crippen LogP contribution in [-0.4, -0.2) is 22.8 Å². The molecule has 0 aliphatic rings. The van der Waals surface area contributed by atoms with Crippen LogP contribution in [0.5, 0.6) is 11.5 Å². The molecule has 24 heavy (non-hydrogen) atoms. The molecule has 6 nitrogen and oxygen atoms in total. The van der Waals surface area contributed by atoms with Crippen molar-refractivity contribution in [3.63, 3.8) is 0 Å². The third kappa shape index (κ3) is 3.12. The van der Waals surface area contributed by atoms with Crippen LogP contribution in [0.3, 0.4) is 0 Å². The minimum absolute atomic E-state index is 0.0955. The van der Waals surface area contributed by atoms with Crippen LogP contribution in [0.1, 0.15) is 21.6 Å². The number of methoxy groups -OCH3 is 1. The number of rotatable bonds is 5. The van der Waals surface area contributed by atoms with Crippen molar-refractivity contribution in [1.29, 1.82) is 0 Å². The number of ether oxygens (including phenoxy) is 2. The number of aryl methyl sites for hydroxylation is 1. The van der Waals surface area contributed by atoms with Gasteiger partial charge in [-0.2, -0.15) is 0 Å². The van der Waals surface area contributed by atoms with Gasteiger partial charge >= 0.3 is 0 Å². The molecule has 0 aliphatic heterocycles. The van der Waals surface area contributed by atoms with Crippen LogP contribution in [0.15, 0.2) is 47.4 Å². The molecule has 122 valence electrons. The SMILES string of the molecule is COc1ccc(C=O)cc1OCc1cc(=O)n2cc(C)ccc2n1. The van der Waals surface area contributed by atoms with Crippen LogP contribution < -0.4 is 15.0 Å². The highest BCUT2D eigenvalue weighted by atomic mass is 16.5. The summed E-state index contributed by atoms with van der Waals surface area (Å²) in [6, 6.07) is 9.99. The molecule has 0 saturated carbocycles. The summed E-state index contributed by atoms with van der Waals surface area (Å²) in [7, 11) is 1.52. The number of aromatic nitrogens is 2. The van der Waals surface area contributed by atoms with Gasteiger partial charge in [0.05, 0.1) is 12.8 Å². The number of carbonyl (C=O) groups excluding carboxylic acids is 1. The van der Waals surface area contributed by atoms with Gasteiger partial charge in [-0.05, 0) is 36.8 Å². The van der Waals surface area contributed by atoms with Gasteiger partial charge in [-0.1, -0.05) is 6.07 Å². The summed E-state index contributed by atoms with van der Waals surface area (Å²) in [6.07, 6.45) is 2.47. The van der Waals surface area contributed by atoms with Crippen LogP contribution in [-0.2, 0) is 6.61 Å². The van der Waals surface area contributed by atoms with Crippen LogP contribution in [0, 0.1) is 6.92 Å². The fourth-order valence-electron chi connectivity index (χ4n) is 2.36. The predicted octanol–water partition coefficient (Wildman–Crippen LogP) is 2.40. The second-order valence-corrected chi connectivity index (χ2v) is 5.34. The van der Waals surface area contributed by atoms with Gasteiger partial charge in [-0.15, -0.1) is 0 Å². The minimum Gasteiger partial charge on any atom is -0.493 e. The Hall–Kier alpha value is -3.15. The molecule has 2 aromatic heterocycles. The van der Waals surface area contributed by atoms with E-state index < -0.39 is 0 Å². The molecule has 0 bridgehead atoms. The van der Waals surface area contributed by atoms with Crippen LogP contribution in [0.25, 0.3) is 5.65 Å². The van der Waals surface area contributed by atoms with Gasteiger partial charge in [0.25, 0.3) is 5.56 Å². The van der Waals surface area contributed by atoms with Crippen molar-refractivity contribution in [1.82, 2.24) is 9.38 Å². The Morgan fingerprint density at radius 3 is 2.75 bits per heavy atom.